The normalized spacial score (nSPS) is 19.5. The molecule has 0 atom stereocenters. The lowest BCUT2D eigenvalue weighted by Gasteiger charge is -2.38. The van der Waals surface area contributed by atoms with Crippen molar-refractivity contribution in [3.8, 4) is 0 Å². The van der Waals surface area contributed by atoms with E-state index in [4.69, 9.17) is 17.3 Å². The third-order valence-corrected chi connectivity index (χ3v) is 7.01. The molecule has 2 aromatic carbocycles. The molecular weight excluding hydrogens is 510 g/mol. The van der Waals surface area contributed by atoms with E-state index in [2.05, 4.69) is 65.4 Å². The summed E-state index contributed by atoms with van der Waals surface area (Å²) >= 11 is 6.15. The highest BCUT2D eigenvalue weighted by atomic mass is 35.5. The van der Waals surface area contributed by atoms with Crippen molar-refractivity contribution in [1.82, 2.24) is 10.3 Å². The lowest BCUT2D eigenvalue weighted by molar-refractivity contribution is 0.252. The van der Waals surface area contributed by atoms with Crippen molar-refractivity contribution >= 4 is 65.4 Å². The number of hydrogen-bond donors (Lipinski definition) is 2. The maximum atomic E-state index is 6.93. The minimum atomic E-state index is -0.307. The number of benzene rings is 2. The summed E-state index contributed by atoms with van der Waals surface area (Å²) in [5.74, 6) is 0. The maximum Gasteiger partial charge on any atom is 0.0720 e. The van der Waals surface area contributed by atoms with Gasteiger partial charge in [-0.3, -0.25) is 4.98 Å². The van der Waals surface area contributed by atoms with E-state index in [9.17, 15) is 0 Å². The average Bonchev–Trinajstić information content (AvgIpc) is 2.80. The standard InChI is InChI=1S/C26H33ClN4.3ClH/c1-3-31(4-2)22-8-5-19(6-9-22)18-30-21-11-14-26(28,15-12-21)24-13-16-29-25-17-20(27)7-10-23(24)25;;;/h5-10,13,16-17,21,30H,3-4,11-12,14-15,18,28H2,1-2H3;3*1H. The molecular formula is C26H36Cl4N4. The SMILES string of the molecule is CCN(CC)c1ccc(CNC2CCC(N)(c3ccnc4cc(Cl)ccc34)CC2)cc1.Cl.Cl.Cl. The molecule has 0 spiro atoms. The molecule has 4 rings (SSSR count). The lowest BCUT2D eigenvalue weighted by Crippen LogP contribution is -2.45. The van der Waals surface area contributed by atoms with Gasteiger partial charge in [0, 0.05) is 53.5 Å². The summed E-state index contributed by atoms with van der Waals surface area (Å²) < 4.78 is 0. The fourth-order valence-electron chi connectivity index (χ4n) is 4.84. The molecule has 1 fully saturated rings. The van der Waals surface area contributed by atoms with Gasteiger partial charge in [-0.15, -0.1) is 37.2 Å². The third-order valence-electron chi connectivity index (χ3n) is 6.78. The summed E-state index contributed by atoms with van der Waals surface area (Å²) in [7, 11) is 0. The molecule has 1 aliphatic carbocycles. The molecule has 8 heteroatoms. The molecule has 4 nitrogen and oxygen atoms in total. The Morgan fingerprint density at radius 1 is 1.00 bits per heavy atom. The number of nitrogens with one attached hydrogen (secondary N) is 1. The van der Waals surface area contributed by atoms with Crippen LogP contribution in [0.3, 0.4) is 0 Å². The number of hydrogen-bond acceptors (Lipinski definition) is 4. The maximum absolute atomic E-state index is 6.93. The van der Waals surface area contributed by atoms with Crippen LogP contribution in [-0.2, 0) is 12.1 Å². The summed E-state index contributed by atoms with van der Waals surface area (Å²) in [6.45, 7) is 7.37. The molecule has 1 aliphatic rings. The Balaban J connectivity index is 0.00000193. The van der Waals surface area contributed by atoms with Crippen molar-refractivity contribution in [1.29, 1.82) is 0 Å². The van der Waals surface area contributed by atoms with Gasteiger partial charge in [-0.2, -0.15) is 0 Å². The Morgan fingerprint density at radius 3 is 2.26 bits per heavy atom. The first-order valence-corrected chi connectivity index (χ1v) is 11.8. The van der Waals surface area contributed by atoms with Crippen molar-refractivity contribution in [3.63, 3.8) is 0 Å². The van der Waals surface area contributed by atoms with Gasteiger partial charge in [0.1, 0.15) is 0 Å². The average molecular weight is 546 g/mol. The number of rotatable bonds is 7. The van der Waals surface area contributed by atoms with Gasteiger partial charge < -0.3 is 16.0 Å². The van der Waals surface area contributed by atoms with Crippen molar-refractivity contribution in [2.75, 3.05) is 18.0 Å². The highest BCUT2D eigenvalue weighted by molar-refractivity contribution is 6.31. The summed E-state index contributed by atoms with van der Waals surface area (Å²) in [5.41, 5.74) is 11.4. The van der Waals surface area contributed by atoms with Gasteiger partial charge in [0.15, 0.2) is 0 Å². The van der Waals surface area contributed by atoms with Gasteiger partial charge in [0.2, 0.25) is 0 Å². The van der Waals surface area contributed by atoms with Gasteiger partial charge >= 0.3 is 0 Å². The zero-order valence-electron chi connectivity index (χ0n) is 19.8. The second kappa shape index (κ2) is 13.7. The Bertz CT molecular complexity index is 1020. The minimum Gasteiger partial charge on any atom is -0.372 e. The van der Waals surface area contributed by atoms with Gasteiger partial charge in [0.25, 0.3) is 0 Å². The fraction of sp³-hybridized carbons (Fsp3) is 0.423. The van der Waals surface area contributed by atoms with E-state index in [0.717, 1.165) is 56.2 Å². The molecule has 0 amide bonds. The first-order valence-electron chi connectivity index (χ1n) is 11.4. The third kappa shape index (κ3) is 6.90. The van der Waals surface area contributed by atoms with E-state index in [1.807, 2.05) is 18.3 Å². The Labute approximate surface area is 227 Å². The molecule has 1 saturated carbocycles. The van der Waals surface area contributed by atoms with Crippen LogP contribution in [0.4, 0.5) is 5.69 Å². The van der Waals surface area contributed by atoms with Crippen LogP contribution in [0, 0.1) is 0 Å². The monoisotopic (exact) mass is 544 g/mol. The van der Waals surface area contributed by atoms with Crippen LogP contribution in [0.2, 0.25) is 5.02 Å². The predicted octanol–water partition coefficient (Wildman–Crippen LogP) is 6.89. The van der Waals surface area contributed by atoms with E-state index in [0.29, 0.717) is 11.1 Å². The van der Waals surface area contributed by atoms with E-state index < -0.39 is 0 Å². The molecule has 0 saturated heterocycles. The van der Waals surface area contributed by atoms with Crippen molar-refractivity contribution in [2.45, 2.75) is 57.7 Å². The summed E-state index contributed by atoms with van der Waals surface area (Å²) in [6.07, 6.45) is 5.94. The molecule has 1 aromatic heterocycles. The first-order chi connectivity index (χ1) is 15.0. The second-order valence-electron chi connectivity index (χ2n) is 8.67. The quantitative estimate of drug-likeness (QED) is 0.339. The highest BCUT2D eigenvalue weighted by Crippen LogP contribution is 2.38. The molecule has 0 unspecified atom stereocenters. The Hall–Kier alpha value is -1.27. The Kier molecular flexibility index (Phi) is 12.4. The molecule has 3 aromatic rings. The van der Waals surface area contributed by atoms with Crippen molar-refractivity contribution in [3.05, 3.63) is 70.9 Å². The number of nitrogens with two attached hydrogens (primary N) is 1. The van der Waals surface area contributed by atoms with E-state index in [-0.39, 0.29) is 42.8 Å². The van der Waals surface area contributed by atoms with Crippen LogP contribution in [0.5, 0.6) is 0 Å². The summed E-state index contributed by atoms with van der Waals surface area (Å²) in [6, 6.07) is 17.4. The lowest BCUT2D eigenvalue weighted by atomic mass is 9.74. The largest absolute Gasteiger partial charge is 0.372 e. The number of pyridine rings is 1. The summed E-state index contributed by atoms with van der Waals surface area (Å²) in [5, 5.41) is 5.58. The molecule has 0 bridgehead atoms. The first kappa shape index (κ1) is 30.8. The molecule has 3 N–H and O–H groups in total. The fourth-order valence-corrected chi connectivity index (χ4v) is 5.00. The molecule has 0 radical (unpaired) electrons. The van der Waals surface area contributed by atoms with Crippen LogP contribution < -0.4 is 16.0 Å². The molecule has 188 valence electrons. The number of anilines is 1. The minimum absolute atomic E-state index is 0. The molecule has 1 heterocycles. The van der Waals surface area contributed by atoms with E-state index >= 15 is 0 Å². The molecule has 0 aliphatic heterocycles. The zero-order valence-corrected chi connectivity index (χ0v) is 23.0. The number of nitrogens with zero attached hydrogens (tertiary/aromatic N) is 2. The van der Waals surface area contributed by atoms with Gasteiger partial charge in [0.05, 0.1) is 5.52 Å². The number of aromatic nitrogens is 1. The molecule has 34 heavy (non-hydrogen) atoms. The second-order valence-corrected chi connectivity index (χ2v) is 9.11. The number of halogens is 4. The van der Waals surface area contributed by atoms with Crippen LogP contribution in [0.1, 0.15) is 50.7 Å². The van der Waals surface area contributed by atoms with E-state index in [1.54, 1.807) is 0 Å². The zero-order chi connectivity index (χ0) is 21.8. The van der Waals surface area contributed by atoms with E-state index in [1.165, 1.54) is 16.8 Å². The van der Waals surface area contributed by atoms with Crippen molar-refractivity contribution in [2.24, 2.45) is 5.73 Å². The van der Waals surface area contributed by atoms with Gasteiger partial charge in [-0.25, -0.2) is 0 Å². The van der Waals surface area contributed by atoms with Crippen LogP contribution in [-0.4, -0.2) is 24.1 Å². The van der Waals surface area contributed by atoms with Gasteiger partial charge in [-0.05, 0) is 81.0 Å². The Morgan fingerprint density at radius 2 is 1.65 bits per heavy atom. The summed E-state index contributed by atoms with van der Waals surface area (Å²) in [4.78, 5) is 6.85. The topological polar surface area (TPSA) is 54.2 Å². The predicted molar refractivity (Wildman–Crippen MR) is 153 cm³/mol. The van der Waals surface area contributed by atoms with Crippen LogP contribution >= 0.6 is 48.8 Å². The highest BCUT2D eigenvalue weighted by Gasteiger charge is 2.34. The van der Waals surface area contributed by atoms with Crippen molar-refractivity contribution < 1.29 is 0 Å². The van der Waals surface area contributed by atoms with Crippen LogP contribution in [0.15, 0.2) is 54.7 Å². The number of fused-ring (bicyclic) bond motifs is 1. The smallest absolute Gasteiger partial charge is 0.0720 e. The van der Waals surface area contributed by atoms with Crippen LogP contribution in [0.25, 0.3) is 10.9 Å². The van der Waals surface area contributed by atoms with Gasteiger partial charge in [-0.1, -0.05) is 29.8 Å².